The quantitative estimate of drug-likeness (QED) is 0.881. The fourth-order valence-corrected chi connectivity index (χ4v) is 1.94. The molecular formula is C13H11F4N3. The minimum atomic E-state index is -4.54. The van der Waals surface area contributed by atoms with E-state index in [9.17, 15) is 17.6 Å². The topological polar surface area (TPSA) is 37.8 Å². The molecule has 0 aliphatic rings. The smallest absolute Gasteiger partial charge is 0.308 e. The van der Waals surface area contributed by atoms with Crippen LogP contribution in [0.3, 0.4) is 0 Å². The number of nitrogens with zero attached hydrogens (tertiary/aromatic N) is 2. The van der Waals surface area contributed by atoms with Gasteiger partial charge in [-0.1, -0.05) is 0 Å². The van der Waals surface area contributed by atoms with Crippen LogP contribution in [0.4, 0.5) is 17.6 Å². The van der Waals surface area contributed by atoms with Crippen molar-refractivity contribution in [3.63, 3.8) is 0 Å². The summed E-state index contributed by atoms with van der Waals surface area (Å²) in [7, 11) is 1.44. The fourth-order valence-electron chi connectivity index (χ4n) is 1.94. The molecule has 106 valence electrons. The zero-order valence-corrected chi connectivity index (χ0v) is 10.4. The van der Waals surface area contributed by atoms with Gasteiger partial charge in [-0.05, 0) is 25.2 Å². The summed E-state index contributed by atoms with van der Waals surface area (Å²) in [6.07, 6.45) is -1.10. The maximum atomic E-state index is 13.7. The van der Waals surface area contributed by atoms with E-state index in [1.165, 1.54) is 19.3 Å². The predicted molar refractivity (Wildman–Crippen MR) is 64.3 cm³/mol. The van der Waals surface area contributed by atoms with Crippen molar-refractivity contribution in [2.45, 2.75) is 12.2 Å². The second-order valence-corrected chi connectivity index (χ2v) is 4.05. The van der Waals surface area contributed by atoms with Gasteiger partial charge in [0.1, 0.15) is 5.82 Å². The van der Waals surface area contributed by atoms with Crippen LogP contribution in [0.5, 0.6) is 0 Å². The van der Waals surface area contributed by atoms with Crippen LogP contribution in [-0.4, -0.2) is 17.0 Å². The van der Waals surface area contributed by atoms with Crippen molar-refractivity contribution in [1.29, 1.82) is 0 Å². The van der Waals surface area contributed by atoms with Gasteiger partial charge in [-0.3, -0.25) is 9.97 Å². The summed E-state index contributed by atoms with van der Waals surface area (Å²) in [5.41, 5.74) is -1.13. The Morgan fingerprint density at radius 3 is 2.55 bits per heavy atom. The maximum Gasteiger partial charge on any atom is 0.416 e. The van der Waals surface area contributed by atoms with Crippen molar-refractivity contribution >= 4 is 0 Å². The molecule has 2 rings (SSSR count). The third-order valence-corrected chi connectivity index (χ3v) is 2.82. The molecule has 0 saturated heterocycles. The number of halogens is 4. The van der Waals surface area contributed by atoms with E-state index in [1.54, 1.807) is 0 Å². The van der Waals surface area contributed by atoms with Gasteiger partial charge in [-0.15, -0.1) is 0 Å². The first-order chi connectivity index (χ1) is 9.45. The van der Waals surface area contributed by atoms with Gasteiger partial charge in [0.05, 0.1) is 17.3 Å². The summed E-state index contributed by atoms with van der Waals surface area (Å²) in [5, 5.41) is 2.65. The van der Waals surface area contributed by atoms with E-state index < -0.39 is 23.6 Å². The molecule has 0 aliphatic carbocycles. The highest BCUT2D eigenvalue weighted by molar-refractivity contribution is 5.35. The van der Waals surface area contributed by atoms with Crippen LogP contribution in [0.15, 0.2) is 36.8 Å². The number of hydrogen-bond donors (Lipinski definition) is 1. The molecule has 2 aromatic rings. The van der Waals surface area contributed by atoms with Gasteiger partial charge in [-0.2, -0.15) is 13.2 Å². The van der Waals surface area contributed by atoms with E-state index in [0.717, 1.165) is 24.5 Å². The van der Waals surface area contributed by atoms with Gasteiger partial charge < -0.3 is 5.32 Å². The van der Waals surface area contributed by atoms with Crippen LogP contribution in [0.2, 0.25) is 0 Å². The third-order valence-electron chi connectivity index (χ3n) is 2.82. The monoisotopic (exact) mass is 285 g/mol. The van der Waals surface area contributed by atoms with Crippen LogP contribution >= 0.6 is 0 Å². The zero-order valence-electron chi connectivity index (χ0n) is 10.4. The van der Waals surface area contributed by atoms with Crippen molar-refractivity contribution in [2.75, 3.05) is 7.05 Å². The molecule has 0 radical (unpaired) electrons. The lowest BCUT2D eigenvalue weighted by Crippen LogP contribution is -2.24. The Morgan fingerprint density at radius 1 is 1.20 bits per heavy atom. The normalized spacial score (nSPS) is 13.2. The number of rotatable bonds is 3. The highest BCUT2D eigenvalue weighted by Gasteiger charge is 2.36. The molecule has 0 spiro atoms. The lowest BCUT2D eigenvalue weighted by molar-refractivity contribution is -0.138. The summed E-state index contributed by atoms with van der Waals surface area (Å²) in [6.45, 7) is 0. The molecular weight excluding hydrogens is 274 g/mol. The fraction of sp³-hybridized carbons (Fsp3) is 0.231. The molecule has 1 N–H and O–H groups in total. The highest BCUT2D eigenvalue weighted by atomic mass is 19.4. The Bertz CT molecular complexity index is 598. The minimum Gasteiger partial charge on any atom is -0.308 e. The van der Waals surface area contributed by atoms with Crippen molar-refractivity contribution < 1.29 is 17.6 Å². The van der Waals surface area contributed by atoms with Crippen LogP contribution in [-0.2, 0) is 6.18 Å². The van der Waals surface area contributed by atoms with Gasteiger partial charge in [0.2, 0.25) is 0 Å². The van der Waals surface area contributed by atoms with E-state index >= 15 is 0 Å². The molecule has 3 nitrogen and oxygen atoms in total. The summed E-state index contributed by atoms with van der Waals surface area (Å²) in [4.78, 5) is 7.51. The first-order valence-electron chi connectivity index (χ1n) is 5.74. The van der Waals surface area contributed by atoms with Gasteiger partial charge in [0.15, 0.2) is 0 Å². The first kappa shape index (κ1) is 14.4. The van der Waals surface area contributed by atoms with Gasteiger partial charge in [0.25, 0.3) is 0 Å². The molecule has 1 unspecified atom stereocenters. The molecule has 0 saturated carbocycles. The van der Waals surface area contributed by atoms with E-state index in [1.807, 2.05) is 0 Å². The molecule has 0 aliphatic heterocycles. The van der Waals surface area contributed by atoms with Gasteiger partial charge in [0, 0.05) is 24.2 Å². The number of aromatic nitrogens is 2. The Labute approximate surface area is 112 Å². The maximum absolute atomic E-state index is 13.7. The minimum absolute atomic E-state index is 0.103. The second kappa shape index (κ2) is 5.54. The molecule has 1 atom stereocenters. The van der Waals surface area contributed by atoms with E-state index in [4.69, 9.17) is 0 Å². The van der Waals surface area contributed by atoms with Gasteiger partial charge in [-0.25, -0.2) is 4.39 Å². The SMILES string of the molecule is CNC(c1cnccc1C(F)(F)F)c1ncccc1F. The molecule has 0 bridgehead atoms. The molecule has 2 heterocycles. The Hall–Kier alpha value is -2.02. The molecule has 7 heteroatoms. The van der Waals surface area contributed by atoms with E-state index in [2.05, 4.69) is 15.3 Å². The average Bonchev–Trinajstić information content (AvgIpc) is 2.41. The van der Waals surface area contributed by atoms with E-state index in [0.29, 0.717) is 0 Å². The summed E-state index contributed by atoms with van der Waals surface area (Å²) >= 11 is 0. The molecule has 0 fully saturated rings. The first-order valence-corrected chi connectivity index (χ1v) is 5.74. The van der Waals surface area contributed by atoms with Crippen molar-refractivity contribution in [3.05, 3.63) is 59.4 Å². The molecule has 20 heavy (non-hydrogen) atoms. The molecule has 2 aromatic heterocycles. The standard InChI is InChI=1S/C13H11F4N3/c1-18-11(12-10(14)3-2-5-20-12)8-7-19-6-4-9(8)13(15,16)17/h2-7,11,18H,1H3. The number of hydrogen-bond acceptors (Lipinski definition) is 3. The van der Waals surface area contributed by atoms with Crippen molar-refractivity contribution in [2.24, 2.45) is 0 Å². The van der Waals surface area contributed by atoms with Crippen LogP contribution in [0.25, 0.3) is 0 Å². The van der Waals surface area contributed by atoms with Gasteiger partial charge >= 0.3 is 6.18 Å². The number of nitrogens with one attached hydrogen (secondary N) is 1. The highest BCUT2D eigenvalue weighted by Crippen LogP contribution is 2.35. The van der Waals surface area contributed by atoms with Crippen LogP contribution in [0, 0.1) is 5.82 Å². The van der Waals surface area contributed by atoms with Crippen LogP contribution < -0.4 is 5.32 Å². The Balaban J connectivity index is 2.57. The third kappa shape index (κ3) is 2.77. The molecule has 0 aromatic carbocycles. The van der Waals surface area contributed by atoms with Crippen molar-refractivity contribution in [3.8, 4) is 0 Å². The Kier molecular flexibility index (Phi) is 3.99. The molecule has 0 amide bonds. The van der Waals surface area contributed by atoms with Crippen LogP contribution in [0.1, 0.15) is 22.9 Å². The second-order valence-electron chi connectivity index (χ2n) is 4.05. The average molecular weight is 285 g/mol. The summed E-state index contributed by atoms with van der Waals surface area (Å²) < 4.78 is 52.7. The lowest BCUT2D eigenvalue weighted by Gasteiger charge is -2.20. The number of pyridine rings is 2. The predicted octanol–water partition coefficient (Wildman–Crippen LogP) is 2.94. The number of alkyl halides is 3. The van der Waals surface area contributed by atoms with Crippen molar-refractivity contribution in [1.82, 2.24) is 15.3 Å². The summed E-state index contributed by atoms with van der Waals surface area (Å²) in [5.74, 6) is -0.677. The summed E-state index contributed by atoms with van der Waals surface area (Å²) in [6, 6.07) is 2.36. The lowest BCUT2D eigenvalue weighted by atomic mass is 9.99. The van der Waals surface area contributed by atoms with E-state index in [-0.39, 0.29) is 11.3 Å². The Morgan fingerprint density at radius 2 is 1.95 bits per heavy atom. The zero-order chi connectivity index (χ0) is 14.8. The largest absolute Gasteiger partial charge is 0.416 e.